The van der Waals surface area contributed by atoms with Crippen molar-refractivity contribution in [3.05, 3.63) is 0 Å². The van der Waals surface area contributed by atoms with E-state index < -0.39 is 0 Å². The summed E-state index contributed by atoms with van der Waals surface area (Å²) in [5.74, 6) is 0. The van der Waals surface area contributed by atoms with Crippen LogP contribution in [0.3, 0.4) is 0 Å². The summed E-state index contributed by atoms with van der Waals surface area (Å²) in [5, 5.41) is 8.76. The van der Waals surface area contributed by atoms with Gasteiger partial charge in [-0.3, -0.25) is 0 Å². The number of aliphatic hydroxyl groups is 1. The Hall–Kier alpha value is -0.0151. The summed E-state index contributed by atoms with van der Waals surface area (Å²) in [6.45, 7) is 2.35. The van der Waals surface area contributed by atoms with E-state index in [1.807, 2.05) is 0 Å². The van der Waals surface area contributed by atoms with E-state index in [1.165, 1.54) is 25.7 Å². The van der Waals surface area contributed by atoms with Crippen molar-refractivity contribution in [2.45, 2.75) is 45.1 Å². The van der Waals surface area contributed by atoms with Gasteiger partial charge in [0.15, 0.2) is 0 Å². The quantitative estimate of drug-likeness (QED) is 0.440. The van der Waals surface area contributed by atoms with Crippen molar-refractivity contribution in [3.63, 3.8) is 0 Å². The first kappa shape index (κ1) is 11.0. The molecule has 11 heavy (non-hydrogen) atoms. The van der Waals surface area contributed by atoms with Gasteiger partial charge in [-0.25, -0.2) is 0 Å². The highest BCUT2D eigenvalue weighted by Crippen LogP contribution is 2.06. The molecule has 0 aromatic heterocycles. The molecule has 0 heterocycles. The summed E-state index contributed by atoms with van der Waals surface area (Å²) in [7, 11) is 1.65. The van der Waals surface area contributed by atoms with E-state index in [-0.39, 0.29) is 12.7 Å². The minimum absolute atomic E-state index is 0.0619. The molecule has 0 rings (SSSR count). The lowest BCUT2D eigenvalue weighted by Crippen LogP contribution is -2.15. The molecule has 0 saturated heterocycles. The second-order valence-electron chi connectivity index (χ2n) is 2.89. The first-order chi connectivity index (χ1) is 5.35. The molecule has 0 aromatic carbocycles. The van der Waals surface area contributed by atoms with E-state index in [2.05, 4.69) is 6.92 Å². The van der Waals surface area contributed by atoms with Crippen molar-refractivity contribution in [2.75, 3.05) is 6.61 Å². The van der Waals surface area contributed by atoms with Crippen LogP contribution in [0.25, 0.3) is 0 Å². The van der Waals surface area contributed by atoms with Gasteiger partial charge in [-0.05, 0) is 6.42 Å². The highest BCUT2D eigenvalue weighted by Gasteiger charge is 2.02. The lowest BCUT2D eigenvalue weighted by Gasteiger charge is -2.11. The van der Waals surface area contributed by atoms with Gasteiger partial charge in [0.25, 0.3) is 8.05 Å². The monoisotopic (exact) mass is 158 g/mol. The van der Waals surface area contributed by atoms with Gasteiger partial charge in [-0.15, -0.1) is 0 Å². The molecule has 0 radical (unpaired) electrons. The fourth-order valence-corrected chi connectivity index (χ4v) is 1.08. The molecule has 0 amide bonds. The van der Waals surface area contributed by atoms with Crippen LogP contribution in [0.15, 0.2) is 0 Å². The maximum Gasteiger partial charge on any atom is 0.257 e. The minimum atomic E-state index is 0.0619. The van der Waals surface area contributed by atoms with Gasteiger partial charge >= 0.3 is 0 Å². The maximum absolute atomic E-state index is 8.76. The number of hydrogen-bond donors (Lipinski definition) is 1. The van der Waals surface area contributed by atoms with Gasteiger partial charge < -0.3 is 9.76 Å². The van der Waals surface area contributed by atoms with E-state index in [1.54, 1.807) is 8.05 Å². The van der Waals surface area contributed by atoms with E-state index >= 15 is 0 Å². The molecule has 2 nitrogen and oxygen atoms in total. The van der Waals surface area contributed by atoms with Gasteiger partial charge in [-0.2, -0.15) is 0 Å². The Morgan fingerprint density at radius 3 is 2.55 bits per heavy atom. The molecular formula is C8H19BO2. The van der Waals surface area contributed by atoms with Crippen LogP contribution >= 0.6 is 0 Å². The van der Waals surface area contributed by atoms with Crippen LogP contribution in [0.4, 0.5) is 0 Å². The van der Waals surface area contributed by atoms with Crippen LogP contribution in [0.5, 0.6) is 0 Å². The zero-order valence-corrected chi connectivity index (χ0v) is 7.68. The van der Waals surface area contributed by atoms with Gasteiger partial charge in [0, 0.05) is 0 Å². The van der Waals surface area contributed by atoms with Crippen LogP contribution in [0, 0.1) is 0 Å². The van der Waals surface area contributed by atoms with Crippen LogP contribution in [-0.2, 0) is 4.65 Å². The Bertz CT molecular complexity index is 74.5. The molecule has 0 fully saturated rings. The Labute approximate surface area is 70.4 Å². The van der Waals surface area contributed by atoms with Crippen molar-refractivity contribution in [1.82, 2.24) is 0 Å². The normalized spacial score (nSPS) is 13.3. The molecular weight excluding hydrogens is 139 g/mol. The van der Waals surface area contributed by atoms with Crippen molar-refractivity contribution >= 4 is 8.05 Å². The zero-order chi connectivity index (χ0) is 8.53. The minimum Gasteiger partial charge on any atom is -0.439 e. The SMILES string of the molecule is BOC(CO)CCCCCC. The zero-order valence-electron chi connectivity index (χ0n) is 7.68. The highest BCUT2D eigenvalue weighted by atomic mass is 16.4. The van der Waals surface area contributed by atoms with E-state index in [0.717, 1.165) is 6.42 Å². The average molecular weight is 158 g/mol. The number of unbranched alkanes of at least 4 members (excludes halogenated alkanes) is 3. The third kappa shape index (κ3) is 6.39. The molecule has 66 valence electrons. The lowest BCUT2D eigenvalue weighted by atomic mass is 10.1. The summed E-state index contributed by atoms with van der Waals surface area (Å²) in [5.41, 5.74) is 0. The summed E-state index contributed by atoms with van der Waals surface area (Å²) >= 11 is 0. The van der Waals surface area contributed by atoms with E-state index in [9.17, 15) is 0 Å². The predicted molar refractivity (Wildman–Crippen MR) is 49.3 cm³/mol. The first-order valence-electron chi connectivity index (χ1n) is 4.48. The highest BCUT2D eigenvalue weighted by molar-refractivity contribution is 5.98. The number of rotatable bonds is 7. The van der Waals surface area contributed by atoms with Crippen molar-refractivity contribution in [3.8, 4) is 0 Å². The summed E-state index contributed by atoms with van der Waals surface area (Å²) < 4.78 is 5.03. The molecule has 1 atom stereocenters. The second kappa shape index (κ2) is 8.09. The van der Waals surface area contributed by atoms with Crippen molar-refractivity contribution in [2.24, 2.45) is 0 Å². The largest absolute Gasteiger partial charge is 0.439 e. The van der Waals surface area contributed by atoms with Gasteiger partial charge in [0.2, 0.25) is 0 Å². The van der Waals surface area contributed by atoms with E-state index in [4.69, 9.17) is 9.76 Å². The Morgan fingerprint density at radius 1 is 1.36 bits per heavy atom. The fourth-order valence-electron chi connectivity index (χ4n) is 1.08. The smallest absolute Gasteiger partial charge is 0.257 e. The molecule has 0 bridgehead atoms. The topological polar surface area (TPSA) is 29.5 Å². The molecule has 0 aromatic rings. The third-order valence-electron chi connectivity index (χ3n) is 1.92. The molecule has 1 N–H and O–H groups in total. The summed E-state index contributed by atoms with van der Waals surface area (Å²) in [6, 6.07) is 0. The molecule has 0 aliphatic carbocycles. The van der Waals surface area contributed by atoms with Crippen LogP contribution in [0.1, 0.15) is 39.0 Å². The lowest BCUT2D eigenvalue weighted by molar-refractivity contribution is 0.115. The summed E-state index contributed by atoms with van der Waals surface area (Å²) in [6.07, 6.45) is 6.04. The third-order valence-corrected chi connectivity index (χ3v) is 1.92. The fraction of sp³-hybridized carbons (Fsp3) is 1.00. The number of aliphatic hydroxyl groups excluding tert-OH is 1. The van der Waals surface area contributed by atoms with Gasteiger partial charge in [0.1, 0.15) is 0 Å². The van der Waals surface area contributed by atoms with Crippen molar-refractivity contribution < 1.29 is 9.76 Å². The Morgan fingerprint density at radius 2 is 2.09 bits per heavy atom. The van der Waals surface area contributed by atoms with Crippen LogP contribution < -0.4 is 0 Å². The predicted octanol–water partition coefficient (Wildman–Crippen LogP) is 0.882. The number of hydrogen-bond acceptors (Lipinski definition) is 2. The van der Waals surface area contributed by atoms with Crippen LogP contribution in [-0.4, -0.2) is 25.9 Å². The van der Waals surface area contributed by atoms with Crippen LogP contribution in [0.2, 0.25) is 0 Å². The molecule has 0 saturated carbocycles. The van der Waals surface area contributed by atoms with Gasteiger partial charge in [0.05, 0.1) is 12.7 Å². The van der Waals surface area contributed by atoms with Crippen molar-refractivity contribution in [1.29, 1.82) is 0 Å². The maximum atomic E-state index is 8.76. The Kier molecular flexibility index (Phi) is 8.07. The molecule has 1 unspecified atom stereocenters. The first-order valence-corrected chi connectivity index (χ1v) is 4.48. The van der Waals surface area contributed by atoms with Gasteiger partial charge in [-0.1, -0.05) is 32.6 Å². The molecule has 0 spiro atoms. The average Bonchev–Trinajstić information content (AvgIpc) is 2.05. The Balaban J connectivity index is 3.07. The molecule has 0 aliphatic heterocycles. The molecule has 0 aliphatic rings. The standard InChI is InChI=1S/C8H19BO2/c1-2-3-4-5-6-8(7-10)11-9/h8,10H,2-7,9H2,1H3. The summed E-state index contributed by atoms with van der Waals surface area (Å²) in [4.78, 5) is 0. The molecule has 3 heteroatoms. The van der Waals surface area contributed by atoms with E-state index in [0.29, 0.717) is 0 Å². The second-order valence-corrected chi connectivity index (χ2v) is 2.89.